The molecule has 3 fully saturated rings. The van der Waals surface area contributed by atoms with Crippen LogP contribution < -0.4 is 14.7 Å². The van der Waals surface area contributed by atoms with Gasteiger partial charge in [0, 0.05) is 70.5 Å². The molecule has 2 aromatic rings. The lowest BCUT2D eigenvalue weighted by atomic mass is 9.95. The molecule has 31 heavy (non-hydrogen) atoms. The smallest absolute Gasteiger partial charge is 0.228 e. The number of rotatable bonds is 4. The first-order valence-electron chi connectivity index (χ1n) is 10.9. The van der Waals surface area contributed by atoms with Crippen molar-refractivity contribution in [1.82, 2.24) is 25.1 Å². The predicted octanol–water partition coefficient (Wildman–Crippen LogP) is 1.02. The predicted molar refractivity (Wildman–Crippen MR) is 117 cm³/mol. The van der Waals surface area contributed by atoms with Crippen molar-refractivity contribution >= 4 is 39.4 Å². The Balaban J connectivity index is 1.12. The molecule has 3 saturated heterocycles. The Morgan fingerprint density at radius 2 is 1.61 bits per heavy atom. The molecule has 5 heterocycles. The molecule has 0 radical (unpaired) electrons. The number of piperazine rings is 1. The van der Waals surface area contributed by atoms with Gasteiger partial charge in [0.2, 0.25) is 28.0 Å². The highest BCUT2D eigenvalue weighted by Gasteiger charge is 2.32. The van der Waals surface area contributed by atoms with Crippen molar-refractivity contribution in [1.29, 1.82) is 0 Å². The molecule has 3 aliphatic heterocycles. The molecule has 2 amide bonds. The Morgan fingerprint density at radius 3 is 2.29 bits per heavy atom. The molecule has 0 atom stereocenters. The van der Waals surface area contributed by atoms with Crippen LogP contribution in [0.3, 0.4) is 0 Å². The average molecular weight is 443 g/mol. The lowest BCUT2D eigenvalue weighted by molar-refractivity contribution is -0.136. The maximum absolute atomic E-state index is 13.0. The molecule has 11 heteroatoms. The van der Waals surface area contributed by atoms with Crippen LogP contribution in [0.4, 0.5) is 16.2 Å². The standard InChI is InChI=1S/C20H26N8O2S/c29-16-3-1-8-28(16)20-24-23-19(31-20)27-9-4-15(5-10-27)17(30)25-11-13-26(14-12-25)18-21-6-2-7-22-18/h2,6-7,15H,1,3-5,8-14H2. The summed E-state index contributed by atoms with van der Waals surface area (Å²) in [6.45, 7) is 5.25. The van der Waals surface area contributed by atoms with Crippen LogP contribution in [-0.4, -0.2) is 82.7 Å². The van der Waals surface area contributed by atoms with E-state index >= 15 is 0 Å². The van der Waals surface area contributed by atoms with Crippen LogP contribution in [-0.2, 0) is 9.59 Å². The van der Waals surface area contributed by atoms with Gasteiger partial charge in [-0.15, -0.1) is 10.2 Å². The van der Waals surface area contributed by atoms with Crippen molar-refractivity contribution in [2.45, 2.75) is 25.7 Å². The summed E-state index contributed by atoms with van der Waals surface area (Å²) in [6.07, 6.45) is 6.61. The lowest BCUT2D eigenvalue weighted by Gasteiger charge is -2.38. The topological polar surface area (TPSA) is 98.7 Å². The normalized spacial score (nSPS) is 20.6. The fourth-order valence-electron chi connectivity index (χ4n) is 4.45. The third-order valence-corrected chi connectivity index (χ3v) is 7.26. The second-order valence-corrected chi connectivity index (χ2v) is 9.07. The number of hydrogen-bond acceptors (Lipinski definition) is 9. The number of hydrogen-bond donors (Lipinski definition) is 0. The molecule has 10 nitrogen and oxygen atoms in total. The van der Waals surface area contributed by atoms with Gasteiger partial charge < -0.3 is 14.7 Å². The van der Waals surface area contributed by atoms with E-state index in [-0.39, 0.29) is 17.7 Å². The zero-order chi connectivity index (χ0) is 21.2. The fourth-order valence-corrected chi connectivity index (χ4v) is 5.39. The van der Waals surface area contributed by atoms with E-state index in [1.54, 1.807) is 17.3 Å². The molecule has 0 aliphatic carbocycles. The third kappa shape index (κ3) is 4.18. The van der Waals surface area contributed by atoms with Gasteiger partial charge in [-0.05, 0) is 25.3 Å². The fraction of sp³-hybridized carbons (Fsp3) is 0.600. The summed E-state index contributed by atoms with van der Waals surface area (Å²) in [5.74, 6) is 1.18. The second kappa shape index (κ2) is 8.74. The van der Waals surface area contributed by atoms with Crippen LogP contribution in [0.25, 0.3) is 0 Å². The minimum atomic E-state index is 0.0586. The summed E-state index contributed by atoms with van der Waals surface area (Å²) in [4.78, 5) is 41.6. The summed E-state index contributed by atoms with van der Waals surface area (Å²) in [5.41, 5.74) is 0. The number of nitrogens with zero attached hydrogens (tertiary/aromatic N) is 8. The molecule has 3 aliphatic rings. The van der Waals surface area contributed by atoms with Crippen molar-refractivity contribution in [3.63, 3.8) is 0 Å². The monoisotopic (exact) mass is 442 g/mol. The number of anilines is 3. The third-order valence-electron chi connectivity index (χ3n) is 6.25. The molecule has 0 spiro atoms. The Labute approximate surface area is 184 Å². The maximum atomic E-state index is 13.0. The highest BCUT2D eigenvalue weighted by Crippen LogP contribution is 2.32. The Kier molecular flexibility index (Phi) is 5.66. The van der Waals surface area contributed by atoms with Crippen molar-refractivity contribution in [3.8, 4) is 0 Å². The zero-order valence-electron chi connectivity index (χ0n) is 17.4. The number of aromatic nitrogens is 4. The van der Waals surface area contributed by atoms with E-state index in [1.165, 1.54) is 11.3 Å². The molecule has 5 rings (SSSR count). The molecule has 0 saturated carbocycles. The lowest BCUT2D eigenvalue weighted by Crippen LogP contribution is -2.52. The number of amides is 2. The van der Waals surface area contributed by atoms with Crippen LogP contribution in [0.2, 0.25) is 0 Å². The van der Waals surface area contributed by atoms with E-state index < -0.39 is 0 Å². The first-order valence-corrected chi connectivity index (χ1v) is 11.7. The Bertz CT molecular complexity index is 922. The van der Waals surface area contributed by atoms with Gasteiger partial charge in [0.15, 0.2) is 0 Å². The van der Waals surface area contributed by atoms with E-state index in [0.29, 0.717) is 24.6 Å². The van der Waals surface area contributed by atoms with Gasteiger partial charge in [-0.1, -0.05) is 11.3 Å². The highest BCUT2D eigenvalue weighted by molar-refractivity contribution is 7.19. The quantitative estimate of drug-likeness (QED) is 0.692. The van der Waals surface area contributed by atoms with E-state index in [2.05, 4.69) is 30.0 Å². The summed E-state index contributed by atoms with van der Waals surface area (Å²) >= 11 is 1.47. The van der Waals surface area contributed by atoms with E-state index in [9.17, 15) is 9.59 Å². The summed E-state index contributed by atoms with van der Waals surface area (Å²) in [5, 5.41) is 10.1. The minimum absolute atomic E-state index is 0.0586. The molecule has 0 bridgehead atoms. The van der Waals surface area contributed by atoms with Crippen LogP contribution >= 0.6 is 11.3 Å². The number of carbonyl (C=O) groups is 2. The van der Waals surface area contributed by atoms with Crippen LogP contribution in [0.5, 0.6) is 0 Å². The summed E-state index contributed by atoms with van der Waals surface area (Å²) < 4.78 is 0. The van der Waals surface area contributed by atoms with Gasteiger partial charge in [-0.2, -0.15) is 0 Å². The van der Waals surface area contributed by atoms with Crippen LogP contribution in [0, 0.1) is 5.92 Å². The van der Waals surface area contributed by atoms with E-state index in [0.717, 1.165) is 63.1 Å². The van der Waals surface area contributed by atoms with E-state index in [4.69, 9.17) is 0 Å². The second-order valence-electron chi connectivity index (χ2n) is 8.14. The zero-order valence-corrected chi connectivity index (χ0v) is 18.2. The van der Waals surface area contributed by atoms with Crippen LogP contribution in [0.15, 0.2) is 18.5 Å². The molecule has 0 aromatic carbocycles. The summed E-state index contributed by atoms with van der Waals surface area (Å²) in [7, 11) is 0. The average Bonchev–Trinajstić information content (AvgIpc) is 3.48. The number of carbonyl (C=O) groups excluding carboxylic acids is 2. The van der Waals surface area contributed by atoms with E-state index in [1.807, 2.05) is 11.0 Å². The Hall–Kier alpha value is -2.82. The van der Waals surface area contributed by atoms with Gasteiger partial charge in [0.25, 0.3) is 0 Å². The van der Waals surface area contributed by atoms with Gasteiger partial charge in [0.05, 0.1) is 0 Å². The largest absolute Gasteiger partial charge is 0.347 e. The van der Waals surface area contributed by atoms with Gasteiger partial charge >= 0.3 is 0 Å². The molecule has 2 aromatic heterocycles. The minimum Gasteiger partial charge on any atom is -0.347 e. The van der Waals surface area contributed by atoms with Crippen molar-refractivity contribution < 1.29 is 9.59 Å². The SMILES string of the molecule is O=C(C1CCN(c2nnc(N3CCCC3=O)s2)CC1)N1CCN(c2ncccn2)CC1. The molecule has 0 unspecified atom stereocenters. The van der Waals surface area contributed by atoms with Gasteiger partial charge in [-0.3, -0.25) is 14.5 Å². The molecular formula is C20H26N8O2S. The molecular weight excluding hydrogens is 416 g/mol. The first kappa shape index (κ1) is 20.1. The summed E-state index contributed by atoms with van der Waals surface area (Å²) in [6, 6.07) is 1.81. The van der Waals surface area contributed by atoms with Crippen molar-refractivity contribution in [3.05, 3.63) is 18.5 Å². The maximum Gasteiger partial charge on any atom is 0.228 e. The first-order chi connectivity index (χ1) is 15.2. The van der Waals surface area contributed by atoms with Gasteiger partial charge in [-0.25, -0.2) is 9.97 Å². The van der Waals surface area contributed by atoms with Gasteiger partial charge in [0.1, 0.15) is 0 Å². The molecule has 0 N–H and O–H groups in total. The highest BCUT2D eigenvalue weighted by atomic mass is 32.1. The van der Waals surface area contributed by atoms with Crippen molar-refractivity contribution in [2.24, 2.45) is 5.92 Å². The Morgan fingerprint density at radius 1 is 0.903 bits per heavy atom. The number of piperidine rings is 1. The molecule has 164 valence electrons. The van der Waals surface area contributed by atoms with Crippen molar-refractivity contribution in [2.75, 3.05) is 60.5 Å². The van der Waals surface area contributed by atoms with Crippen LogP contribution in [0.1, 0.15) is 25.7 Å².